The number of aliphatic imine (C=N–C) groups is 1. The van der Waals surface area contributed by atoms with E-state index in [4.69, 9.17) is 4.74 Å². The standard InChI is InChI=1S/C17H19NO2/c1-2-3-15(19)11-14-5-6-16(18-14)12-4-7-17-13(10-12)8-9-20-17/h4,6-7,10H,2-3,5,8-9,11H2,1H3. The van der Waals surface area contributed by atoms with Gasteiger partial charge in [0, 0.05) is 37.0 Å². The van der Waals surface area contributed by atoms with E-state index < -0.39 is 0 Å². The topological polar surface area (TPSA) is 38.7 Å². The molecule has 20 heavy (non-hydrogen) atoms. The highest BCUT2D eigenvalue weighted by molar-refractivity contribution is 6.06. The van der Waals surface area contributed by atoms with Crippen molar-refractivity contribution in [3.8, 4) is 5.75 Å². The van der Waals surface area contributed by atoms with Crippen LogP contribution in [0.4, 0.5) is 0 Å². The van der Waals surface area contributed by atoms with Crippen LogP contribution >= 0.6 is 0 Å². The van der Waals surface area contributed by atoms with Crippen LogP contribution in [-0.4, -0.2) is 18.1 Å². The molecular weight excluding hydrogens is 250 g/mol. The van der Waals surface area contributed by atoms with Crippen LogP contribution in [0.1, 0.15) is 43.7 Å². The van der Waals surface area contributed by atoms with Crippen LogP contribution in [0.15, 0.2) is 29.3 Å². The first kappa shape index (κ1) is 13.1. The van der Waals surface area contributed by atoms with Crippen LogP contribution in [0.25, 0.3) is 5.70 Å². The lowest BCUT2D eigenvalue weighted by molar-refractivity contribution is -0.117. The first-order valence-electron chi connectivity index (χ1n) is 7.30. The number of carbonyl (C=O) groups excluding carboxylic acids is 1. The lowest BCUT2D eigenvalue weighted by Crippen LogP contribution is -2.04. The van der Waals surface area contributed by atoms with E-state index in [0.29, 0.717) is 18.6 Å². The molecule has 3 heteroatoms. The van der Waals surface area contributed by atoms with E-state index in [1.54, 1.807) is 0 Å². The van der Waals surface area contributed by atoms with Crippen LogP contribution in [-0.2, 0) is 11.2 Å². The first-order chi connectivity index (χ1) is 9.76. The summed E-state index contributed by atoms with van der Waals surface area (Å²) < 4.78 is 5.52. The smallest absolute Gasteiger partial charge is 0.138 e. The van der Waals surface area contributed by atoms with Gasteiger partial charge in [0.05, 0.1) is 12.3 Å². The molecule has 0 unspecified atom stereocenters. The molecule has 0 atom stereocenters. The zero-order valence-electron chi connectivity index (χ0n) is 11.8. The van der Waals surface area contributed by atoms with Gasteiger partial charge in [0.15, 0.2) is 0 Å². The van der Waals surface area contributed by atoms with Crippen molar-refractivity contribution >= 4 is 17.2 Å². The molecule has 1 aromatic rings. The number of allylic oxidation sites excluding steroid dienone is 1. The van der Waals surface area contributed by atoms with Gasteiger partial charge < -0.3 is 4.74 Å². The molecule has 0 fully saturated rings. The number of ether oxygens (including phenoxy) is 1. The van der Waals surface area contributed by atoms with Crippen molar-refractivity contribution in [2.45, 2.75) is 39.0 Å². The lowest BCUT2D eigenvalue weighted by Gasteiger charge is -2.03. The number of hydrogen-bond acceptors (Lipinski definition) is 3. The van der Waals surface area contributed by atoms with Crippen molar-refractivity contribution in [2.24, 2.45) is 4.99 Å². The zero-order valence-corrected chi connectivity index (χ0v) is 11.8. The minimum atomic E-state index is 0.295. The Morgan fingerprint density at radius 1 is 1.40 bits per heavy atom. The Hall–Kier alpha value is -1.90. The number of nitrogens with zero attached hydrogens (tertiary/aromatic N) is 1. The number of fused-ring (bicyclic) bond motifs is 1. The molecular formula is C17H19NO2. The highest BCUT2D eigenvalue weighted by Crippen LogP contribution is 2.31. The fourth-order valence-corrected chi connectivity index (χ4v) is 2.71. The Kier molecular flexibility index (Phi) is 3.68. The highest BCUT2D eigenvalue weighted by atomic mass is 16.5. The fourth-order valence-electron chi connectivity index (χ4n) is 2.71. The van der Waals surface area contributed by atoms with Gasteiger partial charge in [0.2, 0.25) is 0 Å². The number of benzene rings is 1. The molecule has 0 saturated carbocycles. The summed E-state index contributed by atoms with van der Waals surface area (Å²) in [5.41, 5.74) is 4.38. The van der Waals surface area contributed by atoms with Crippen molar-refractivity contribution < 1.29 is 9.53 Å². The van der Waals surface area contributed by atoms with Crippen LogP contribution in [0, 0.1) is 0 Å². The molecule has 3 rings (SSSR count). The van der Waals surface area contributed by atoms with Gasteiger partial charge in [0.25, 0.3) is 0 Å². The number of rotatable bonds is 5. The quantitative estimate of drug-likeness (QED) is 0.819. The molecule has 2 aliphatic heterocycles. The summed E-state index contributed by atoms with van der Waals surface area (Å²) in [6.07, 6.45) is 5.97. The summed E-state index contributed by atoms with van der Waals surface area (Å²) in [5.74, 6) is 1.29. The molecule has 3 nitrogen and oxygen atoms in total. The number of carbonyl (C=O) groups is 1. The van der Waals surface area contributed by atoms with Crippen molar-refractivity contribution in [3.05, 3.63) is 35.4 Å². The summed E-state index contributed by atoms with van der Waals surface area (Å²) in [4.78, 5) is 16.3. The lowest BCUT2D eigenvalue weighted by atomic mass is 10.1. The second kappa shape index (κ2) is 5.61. The highest BCUT2D eigenvalue weighted by Gasteiger charge is 2.16. The van der Waals surface area contributed by atoms with E-state index in [1.807, 2.05) is 13.0 Å². The van der Waals surface area contributed by atoms with E-state index in [-0.39, 0.29) is 0 Å². The van der Waals surface area contributed by atoms with Crippen LogP contribution in [0.5, 0.6) is 5.75 Å². The van der Waals surface area contributed by atoms with Crippen molar-refractivity contribution in [1.29, 1.82) is 0 Å². The maximum absolute atomic E-state index is 11.7. The van der Waals surface area contributed by atoms with E-state index in [0.717, 1.165) is 48.6 Å². The maximum atomic E-state index is 11.7. The SMILES string of the molecule is CCCC(=O)CC1=NC(c2ccc3c(c2)CCO3)=CC1. The largest absolute Gasteiger partial charge is 0.493 e. The maximum Gasteiger partial charge on any atom is 0.138 e. The average Bonchev–Trinajstić information content (AvgIpc) is 3.06. The Balaban J connectivity index is 1.72. The normalized spacial score (nSPS) is 16.4. The minimum Gasteiger partial charge on any atom is -0.493 e. The molecule has 1 aromatic carbocycles. The number of hydrogen-bond donors (Lipinski definition) is 0. The number of ketones is 1. The van der Waals surface area contributed by atoms with Gasteiger partial charge in [-0.1, -0.05) is 13.0 Å². The molecule has 0 bridgehead atoms. The summed E-state index contributed by atoms with van der Waals surface area (Å²) in [6, 6.07) is 6.24. The summed E-state index contributed by atoms with van der Waals surface area (Å²) >= 11 is 0. The summed E-state index contributed by atoms with van der Waals surface area (Å²) in [5, 5.41) is 0. The molecule has 104 valence electrons. The van der Waals surface area contributed by atoms with Crippen LogP contribution in [0.2, 0.25) is 0 Å². The van der Waals surface area contributed by atoms with Crippen LogP contribution in [0.3, 0.4) is 0 Å². The van der Waals surface area contributed by atoms with Crippen molar-refractivity contribution in [3.63, 3.8) is 0 Å². The zero-order chi connectivity index (χ0) is 13.9. The molecule has 2 aliphatic rings. The Bertz CT molecular complexity index is 599. The molecule has 0 aliphatic carbocycles. The van der Waals surface area contributed by atoms with E-state index >= 15 is 0 Å². The third kappa shape index (κ3) is 2.67. The molecule has 0 saturated heterocycles. The number of Topliss-reactive ketones (excluding diaryl/α,β-unsaturated/α-hetero) is 1. The Morgan fingerprint density at radius 2 is 2.30 bits per heavy atom. The molecule has 0 N–H and O–H groups in total. The van der Waals surface area contributed by atoms with Gasteiger partial charge in [-0.3, -0.25) is 9.79 Å². The van der Waals surface area contributed by atoms with Crippen LogP contribution < -0.4 is 4.74 Å². The first-order valence-corrected chi connectivity index (χ1v) is 7.30. The molecule has 2 heterocycles. The van der Waals surface area contributed by atoms with E-state index in [2.05, 4.69) is 23.2 Å². The molecule has 0 amide bonds. The van der Waals surface area contributed by atoms with Crippen molar-refractivity contribution in [1.82, 2.24) is 0 Å². The monoisotopic (exact) mass is 269 g/mol. The third-order valence-corrected chi connectivity index (χ3v) is 3.72. The van der Waals surface area contributed by atoms with E-state index in [9.17, 15) is 4.79 Å². The second-order valence-corrected chi connectivity index (χ2v) is 5.36. The van der Waals surface area contributed by atoms with Crippen molar-refractivity contribution in [2.75, 3.05) is 6.61 Å². The van der Waals surface area contributed by atoms with Gasteiger partial charge in [-0.2, -0.15) is 0 Å². The second-order valence-electron chi connectivity index (χ2n) is 5.36. The molecule has 0 radical (unpaired) electrons. The molecule has 0 aromatic heterocycles. The minimum absolute atomic E-state index is 0.295. The average molecular weight is 269 g/mol. The Labute approximate surface area is 119 Å². The van der Waals surface area contributed by atoms with Gasteiger partial charge in [0.1, 0.15) is 11.5 Å². The molecule has 0 spiro atoms. The fraction of sp³-hybridized carbons (Fsp3) is 0.412. The predicted molar refractivity (Wildman–Crippen MR) is 80.2 cm³/mol. The van der Waals surface area contributed by atoms with Gasteiger partial charge >= 0.3 is 0 Å². The Morgan fingerprint density at radius 3 is 3.15 bits per heavy atom. The van der Waals surface area contributed by atoms with E-state index in [1.165, 1.54) is 5.56 Å². The van der Waals surface area contributed by atoms with Gasteiger partial charge in [-0.25, -0.2) is 0 Å². The van der Waals surface area contributed by atoms with Gasteiger partial charge in [-0.15, -0.1) is 0 Å². The summed E-state index contributed by atoms with van der Waals surface area (Å²) in [6.45, 7) is 2.81. The predicted octanol–water partition coefficient (Wildman–Crippen LogP) is 3.57. The third-order valence-electron chi connectivity index (χ3n) is 3.72. The summed E-state index contributed by atoms with van der Waals surface area (Å²) in [7, 11) is 0. The van der Waals surface area contributed by atoms with Gasteiger partial charge in [-0.05, 0) is 30.2 Å².